The van der Waals surface area contributed by atoms with Crippen LogP contribution in [0.4, 0.5) is 0 Å². The van der Waals surface area contributed by atoms with Crippen molar-refractivity contribution in [3.05, 3.63) is 18.2 Å². The Labute approximate surface area is 104 Å². The number of nitrogens with zero attached hydrogens (tertiary/aromatic N) is 2. The largest absolute Gasteiger partial charge is 0.390 e. The van der Waals surface area contributed by atoms with Crippen LogP contribution >= 0.6 is 0 Å². The Morgan fingerprint density at radius 2 is 1.94 bits per heavy atom. The molecule has 0 atom stereocenters. The highest BCUT2D eigenvalue weighted by molar-refractivity contribution is 4.93. The van der Waals surface area contributed by atoms with E-state index in [0.717, 1.165) is 25.3 Å². The second-order valence-corrected chi connectivity index (χ2v) is 6.20. The van der Waals surface area contributed by atoms with Crippen molar-refractivity contribution in [2.24, 2.45) is 0 Å². The van der Waals surface area contributed by atoms with Gasteiger partial charge in [-0.25, -0.2) is 4.98 Å². The van der Waals surface area contributed by atoms with Gasteiger partial charge in [0.05, 0.1) is 12.1 Å². The van der Waals surface area contributed by atoms with Gasteiger partial charge in [0, 0.05) is 24.5 Å². The lowest BCUT2D eigenvalue weighted by Crippen LogP contribution is -2.36. The first kappa shape index (κ1) is 14.2. The summed E-state index contributed by atoms with van der Waals surface area (Å²) in [5.74, 6) is 1.02. The summed E-state index contributed by atoms with van der Waals surface area (Å²) >= 11 is 0. The molecule has 17 heavy (non-hydrogen) atoms. The van der Waals surface area contributed by atoms with Crippen molar-refractivity contribution in [1.82, 2.24) is 14.9 Å². The van der Waals surface area contributed by atoms with Crippen LogP contribution in [-0.2, 0) is 13.1 Å². The molecule has 0 saturated heterocycles. The SMILES string of the molecule is CC(C)(O)CCn1ccnc1CNC(C)(C)C. The van der Waals surface area contributed by atoms with Gasteiger partial charge in [0.15, 0.2) is 0 Å². The summed E-state index contributed by atoms with van der Waals surface area (Å²) in [6, 6.07) is 0. The van der Waals surface area contributed by atoms with Gasteiger partial charge in [-0.2, -0.15) is 0 Å². The number of hydrogen-bond donors (Lipinski definition) is 2. The minimum absolute atomic E-state index is 0.0903. The number of hydrogen-bond acceptors (Lipinski definition) is 3. The summed E-state index contributed by atoms with van der Waals surface area (Å²) in [5, 5.41) is 13.1. The molecule has 1 aromatic rings. The van der Waals surface area contributed by atoms with E-state index in [1.54, 1.807) is 0 Å². The summed E-state index contributed by atoms with van der Waals surface area (Å²) in [6.07, 6.45) is 4.50. The molecule has 0 amide bonds. The molecule has 1 aromatic heterocycles. The van der Waals surface area contributed by atoms with Gasteiger partial charge in [-0.3, -0.25) is 0 Å². The smallest absolute Gasteiger partial charge is 0.122 e. The van der Waals surface area contributed by atoms with Crippen LogP contribution in [0.2, 0.25) is 0 Å². The summed E-state index contributed by atoms with van der Waals surface area (Å²) in [7, 11) is 0. The van der Waals surface area contributed by atoms with Gasteiger partial charge >= 0.3 is 0 Å². The maximum atomic E-state index is 9.72. The average Bonchev–Trinajstić information content (AvgIpc) is 2.56. The third kappa shape index (κ3) is 5.84. The quantitative estimate of drug-likeness (QED) is 0.825. The molecule has 0 unspecified atom stereocenters. The molecule has 0 aliphatic carbocycles. The molecule has 0 bridgehead atoms. The number of rotatable bonds is 5. The highest BCUT2D eigenvalue weighted by atomic mass is 16.3. The fourth-order valence-corrected chi connectivity index (χ4v) is 1.45. The van der Waals surface area contributed by atoms with Gasteiger partial charge in [0.1, 0.15) is 5.82 Å². The summed E-state index contributed by atoms with van der Waals surface area (Å²) in [5.41, 5.74) is -0.536. The molecule has 4 nitrogen and oxygen atoms in total. The molecule has 2 N–H and O–H groups in total. The Bertz CT molecular complexity index is 312. The molecule has 4 heteroatoms. The highest BCUT2D eigenvalue weighted by Gasteiger charge is 2.14. The standard InChI is InChI=1S/C13H25N3O/c1-12(2,3)15-10-11-14-7-9-16(11)8-6-13(4,5)17/h7,9,15,17H,6,8,10H2,1-5H3. The number of aryl methyl sites for hydroxylation is 1. The first-order valence-electron chi connectivity index (χ1n) is 6.15. The second-order valence-electron chi connectivity index (χ2n) is 6.20. The molecule has 0 aliphatic rings. The molecular weight excluding hydrogens is 214 g/mol. The number of aliphatic hydroxyl groups is 1. The zero-order chi connectivity index (χ0) is 13.1. The fraction of sp³-hybridized carbons (Fsp3) is 0.769. The zero-order valence-electron chi connectivity index (χ0n) is 11.6. The Hall–Kier alpha value is -0.870. The van der Waals surface area contributed by atoms with E-state index in [9.17, 15) is 5.11 Å². The lowest BCUT2D eigenvalue weighted by atomic mass is 10.1. The molecule has 1 rings (SSSR count). The topological polar surface area (TPSA) is 50.1 Å². The van der Waals surface area contributed by atoms with E-state index in [0.29, 0.717) is 0 Å². The van der Waals surface area contributed by atoms with E-state index in [-0.39, 0.29) is 5.54 Å². The zero-order valence-corrected chi connectivity index (χ0v) is 11.6. The Morgan fingerprint density at radius 3 is 2.47 bits per heavy atom. The molecule has 0 spiro atoms. The van der Waals surface area contributed by atoms with Crippen molar-refractivity contribution >= 4 is 0 Å². The van der Waals surface area contributed by atoms with Crippen molar-refractivity contribution in [2.45, 2.75) is 65.3 Å². The summed E-state index contributed by atoms with van der Waals surface area (Å²) in [6.45, 7) is 11.6. The van der Waals surface area contributed by atoms with E-state index < -0.39 is 5.60 Å². The van der Waals surface area contributed by atoms with Gasteiger partial charge < -0.3 is 15.0 Å². The van der Waals surface area contributed by atoms with Crippen molar-refractivity contribution in [1.29, 1.82) is 0 Å². The van der Waals surface area contributed by atoms with Gasteiger partial charge in [0.2, 0.25) is 0 Å². The van der Waals surface area contributed by atoms with E-state index in [4.69, 9.17) is 0 Å². The van der Waals surface area contributed by atoms with E-state index in [1.807, 2.05) is 26.2 Å². The van der Waals surface area contributed by atoms with Crippen LogP contribution in [0.25, 0.3) is 0 Å². The number of imidazole rings is 1. The average molecular weight is 239 g/mol. The predicted octanol–water partition coefficient (Wildman–Crippen LogP) is 1.93. The monoisotopic (exact) mass is 239 g/mol. The van der Waals surface area contributed by atoms with Crippen molar-refractivity contribution in [2.75, 3.05) is 0 Å². The predicted molar refractivity (Wildman–Crippen MR) is 69.7 cm³/mol. The third-order valence-corrected chi connectivity index (χ3v) is 2.54. The maximum Gasteiger partial charge on any atom is 0.122 e. The van der Waals surface area contributed by atoms with Gasteiger partial charge in [0.25, 0.3) is 0 Å². The van der Waals surface area contributed by atoms with Gasteiger partial charge in [-0.1, -0.05) is 0 Å². The van der Waals surface area contributed by atoms with Crippen LogP contribution in [0.3, 0.4) is 0 Å². The molecule has 0 fully saturated rings. The number of aromatic nitrogens is 2. The third-order valence-electron chi connectivity index (χ3n) is 2.54. The van der Waals surface area contributed by atoms with Crippen molar-refractivity contribution in [3.63, 3.8) is 0 Å². The van der Waals surface area contributed by atoms with Crippen LogP contribution in [0.1, 0.15) is 46.9 Å². The molecule has 0 radical (unpaired) electrons. The van der Waals surface area contributed by atoms with Crippen LogP contribution < -0.4 is 5.32 Å². The van der Waals surface area contributed by atoms with Crippen LogP contribution in [-0.4, -0.2) is 25.8 Å². The van der Waals surface area contributed by atoms with Crippen molar-refractivity contribution in [3.8, 4) is 0 Å². The molecule has 0 aromatic carbocycles. The van der Waals surface area contributed by atoms with Crippen LogP contribution in [0, 0.1) is 0 Å². The maximum absolute atomic E-state index is 9.72. The fourth-order valence-electron chi connectivity index (χ4n) is 1.45. The molecule has 98 valence electrons. The Morgan fingerprint density at radius 1 is 1.29 bits per heavy atom. The lowest BCUT2D eigenvalue weighted by molar-refractivity contribution is 0.0659. The first-order chi connectivity index (χ1) is 7.67. The van der Waals surface area contributed by atoms with Crippen LogP contribution in [0.5, 0.6) is 0 Å². The van der Waals surface area contributed by atoms with E-state index >= 15 is 0 Å². The highest BCUT2D eigenvalue weighted by Crippen LogP contribution is 2.11. The van der Waals surface area contributed by atoms with Crippen LogP contribution in [0.15, 0.2) is 12.4 Å². The molecule has 0 aliphatic heterocycles. The molecular formula is C13H25N3O. The summed E-state index contributed by atoms with van der Waals surface area (Å²) < 4.78 is 2.09. The lowest BCUT2D eigenvalue weighted by Gasteiger charge is -2.21. The first-order valence-corrected chi connectivity index (χ1v) is 6.15. The minimum Gasteiger partial charge on any atom is -0.390 e. The molecule has 0 saturated carbocycles. The van der Waals surface area contributed by atoms with E-state index in [2.05, 4.69) is 35.6 Å². The molecule has 1 heterocycles. The number of nitrogens with one attached hydrogen (secondary N) is 1. The minimum atomic E-state index is -0.626. The van der Waals surface area contributed by atoms with Gasteiger partial charge in [-0.15, -0.1) is 0 Å². The Balaban J connectivity index is 2.54. The Kier molecular flexibility index (Phi) is 4.33. The normalized spacial score (nSPS) is 13.1. The second kappa shape index (κ2) is 5.19. The van der Waals surface area contributed by atoms with Gasteiger partial charge in [-0.05, 0) is 41.0 Å². The van der Waals surface area contributed by atoms with E-state index in [1.165, 1.54) is 0 Å². The van der Waals surface area contributed by atoms with Crippen molar-refractivity contribution < 1.29 is 5.11 Å². The summed E-state index contributed by atoms with van der Waals surface area (Å²) in [4.78, 5) is 4.34.